The molecule has 1 amide bonds. The molecule has 21 heavy (non-hydrogen) atoms. The summed E-state index contributed by atoms with van der Waals surface area (Å²) >= 11 is 0. The second-order valence-electron chi connectivity index (χ2n) is 5.76. The largest absolute Gasteiger partial charge is 0.383 e. The van der Waals surface area contributed by atoms with Gasteiger partial charge in [-0.05, 0) is 31.6 Å². The highest BCUT2D eigenvalue weighted by Gasteiger charge is 2.27. The highest BCUT2D eigenvalue weighted by Crippen LogP contribution is 2.30. The van der Waals surface area contributed by atoms with E-state index < -0.39 is 0 Å². The van der Waals surface area contributed by atoms with E-state index in [0.717, 1.165) is 38.4 Å². The van der Waals surface area contributed by atoms with Crippen molar-refractivity contribution in [3.63, 3.8) is 0 Å². The number of carbonyl (C=O) groups excluding carboxylic acids is 1. The number of nitrogens with zero attached hydrogens (tertiary/aromatic N) is 1. The van der Waals surface area contributed by atoms with Crippen LogP contribution in [0, 0.1) is 5.92 Å². The minimum Gasteiger partial charge on any atom is -0.383 e. The Labute approximate surface area is 140 Å². The lowest BCUT2D eigenvalue weighted by Gasteiger charge is -2.32. The molecular weight excluding hydrogens is 313 g/mol. The van der Waals surface area contributed by atoms with E-state index in [0.29, 0.717) is 19.2 Å². The second-order valence-corrected chi connectivity index (χ2v) is 5.76. The molecule has 0 radical (unpaired) electrons. The Morgan fingerprint density at radius 3 is 2.43 bits per heavy atom. The van der Waals surface area contributed by atoms with Crippen molar-refractivity contribution in [1.29, 1.82) is 0 Å². The summed E-state index contributed by atoms with van der Waals surface area (Å²) in [7, 11) is 1.66. The van der Waals surface area contributed by atoms with Crippen molar-refractivity contribution in [1.82, 2.24) is 15.5 Å². The molecule has 2 fully saturated rings. The molecule has 1 aliphatic heterocycles. The minimum absolute atomic E-state index is 0. The Morgan fingerprint density at radius 1 is 1.19 bits per heavy atom. The van der Waals surface area contributed by atoms with Gasteiger partial charge < -0.3 is 20.3 Å². The normalized spacial score (nSPS) is 19.5. The number of rotatable bonds is 8. The highest BCUT2D eigenvalue weighted by molar-refractivity contribution is 5.85. The van der Waals surface area contributed by atoms with Crippen molar-refractivity contribution < 1.29 is 9.53 Å². The number of ether oxygens (including phenoxy) is 1. The molecule has 0 spiro atoms. The maximum Gasteiger partial charge on any atom is 0.234 e. The first-order valence-corrected chi connectivity index (χ1v) is 7.49. The second kappa shape index (κ2) is 11.5. The number of amides is 1. The molecule has 0 aromatic carbocycles. The first kappa shape index (κ1) is 20.9. The van der Waals surface area contributed by atoms with Crippen LogP contribution in [0.2, 0.25) is 0 Å². The Hall–Kier alpha value is -0.0700. The monoisotopic (exact) mass is 341 g/mol. The van der Waals surface area contributed by atoms with Gasteiger partial charge in [-0.15, -0.1) is 24.8 Å². The van der Waals surface area contributed by atoms with E-state index in [1.54, 1.807) is 7.11 Å². The third-order valence-electron chi connectivity index (χ3n) is 3.93. The fourth-order valence-electron chi connectivity index (χ4n) is 2.58. The van der Waals surface area contributed by atoms with Gasteiger partial charge in [-0.25, -0.2) is 0 Å². The molecule has 0 atom stereocenters. The number of hydrogen-bond acceptors (Lipinski definition) is 4. The molecule has 126 valence electrons. The minimum atomic E-state index is 0. The Balaban J connectivity index is 0.00000200. The zero-order chi connectivity index (χ0) is 13.5. The first-order valence-electron chi connectivity index (χ1n) is 7.49. The topological polar surface area (TPSA) is 53.6 Å². The van der Waals surface area contributed by atoms with Gasteiger partial charge in [0.05, 0.1) is 13.2 Å². The van der Waals surface area contributed by atoms with Crippen LogP contribution in [0.1, 0.15) is 25.7 Å². The number of likely N-dealkylation sites (tertiary alicyclic amines) is 1. The van der Waals surface area contributed by atoms with Gasteiger partial charge in [-0.3, -0.25) is 4.79 Å². The van der Waals surface area contributed by atoms with Crippen molar-refractivity contribution in [2.45, 2.75) is 31.7 Å². The maximum atomic E-state index is 11.7. The average molecular weight is 342 g/mol. The summed E-state index contributed by atoms with van der Waals surface area (Å²) in [5, 5.41) is 6.19. The van der Waals surface area contributed by atoms with Crippen LogP contribution in [0.4, 0.5) is 0 Å². The number of nitrogens with one attached hydrogen (secondary N) is 2. The lowest BCUT2D eigenvalue weighted by atomic mass is 10.0. The number of piperidine rings is 1. The Morgan fingerprint density at radius 2 is 1.86 bits per heavy atom. The van der Waals surface area contributed by atoms with Crippen LogP contribution in [0.5, 0.6) is 0 Å². The van der Waals surface area contributed by atoms with E-state index in [1.807, 2.05) is 0 Å². The van der Waals surface area contributed by atoms with Gasteiger partial charge in [0.25, 0.3) is 0 Å². The van der Waals surface area contributed by atoms with Gasteiger partial charge in [0.1, 0.15) is 0 Å². The van der Waals surface area contributed by atoms with Crippen molar-refractivity contribution in [2.75, 3.05) is 46.4 Å². The first-order chi connectivity index (χ1) is 9.28. The molecule has 2 N–H and O–H groups in total. The van der Waals surface area contributed by atoms with Crippen molar-refractivity contribution in [2.24, 2.45) is 5.92 Å². The van der Waals surface area contributed by atoms with E-state index in [9.17, 15) is 4.79 Å². The molecule has 2 aliphatic rings. The van der Waals surface area contributed by atoms with Crippen LogP contribution in [0.15, 0.2) is 0 Å². The summed E-state index contributed by atoms with van der Waals surface area (Å²) in [6, 6.07) is 0.368. The smallest absolute Gasteiger partial charge is 0.234 e. The molecule has 1 saturated carbocycles. The van der Waals surface area contributed by atoms with E-state index in [1.165, 1.54) is 19.4 Å². The van der Waals surface area contributed by atoms with E-state index in [4.69, 9.17) is 4.74 Å². The third-order valence-corrected chi connectivity index (χ3v) is 3.93. The molecule has 1 heterocycles. The molecule has 0 bridgehead atoms. The van der Waals surface area contributed by atoms with Crippen LogP contribution < -0.4 is 10.6 Å². The zero-order valence-corrected chi connectivity index (χ0v) is 14.4. The van der Waals surface area contributed by atoms with Crippen molar-refractivity contribution in [3.8, 4) is 0 Å². The molecule has 2 rings (SSSR count). The van der Waals surface area contributed by atoms with Crippen LogP contribution in [-0.4, -0.2) is 63.3 Å². The van der Waals surface area contributed by atoms with Gasteiger partial charge in [-0.1, -0.05) is 0 Å². The average Bonchev–Trinajstić information content (AvgIpc) is 3.21. The summed E-state index contributed by atoms with van der Waals surface area (Å²) in [6.45, 7) is 5.32. The van der Waals surface area contributed by atoms with Crippen LogP contribution in [-0.2, 0) is 9.53 Å². The summed E-state index contributed by atoms with van der Waals surface area (Å²) in [5.74, 6) is 1.08. The van der Waals surface area contributed by atoms with Crippen LogP contribution >= 0.6 is 24.8 Å². The van der Waals surface area contributed by atoms with Gasteiger partial charge in [0.15, 0.2) is 0 Å². The highest BCUT2D eigenvalue weighted by atomic mass is 35.5. The van der Waals surface area contributed by atoms with E-state index in [-0.39, 0.29) is 30.7 Å². The van der Waals surface area contributed by atoms with Gasteiger partial charge in [0, 0.05) is 39.3 Å². The Bertz CT molecular complexity index is 283. The lowest BCUT2D eigenvalue weighted by Crippen LogP contribution is -2.47. The van der Waals surface area contributed by atoms with E-state index in [2.05, 4.69) is 15.5 Å². The quantitative estimate of drug-likeness (QED) is 0.648. The van der Waals surface area contributed by atoms with Crippen molar-refractivity contribution >= 4 is 30.7 Å². The molecule has 1 aliphatic carbocycles. The fraction of sp³-hybridized carbons (Fsp3) is 0.929. The number of carbonyl (C=O) groups is 1. The summed E-state index contributed by atoms with van der Waals surface area (Å²) in [5.41, 5.74) is 0. The molecular formula is C14H29Cl2N3O2. The van der Waals surface area contributed by atoms with Crippen LogP contribution in [0.25, 0.3) is 0 Å². The van der Waals surface area contributed by atoms with Gasteiger partial charge in [0.2, 0.25) is 5.91 Å². The molecule has 5 nitrogen and oxygen atoms in total. The maximum absolute atomic E-state index is 11.7. The predicted octanol–water partition coefficient (Wildman–Crippen LogP) is 1.06. The fourth-order valence-corrected chi connectivity index (χ4v) is 2.58. The lowest BCUT2D eigenvalue weighted by molar-refractivity contribution is -0.121. The van der Waals surface area contributed by atoms with Gasteiger partial charge in [-0.2, -0.15) is 0 Å². The third kappa shape index (κ3) is 8.83. The molecule has 7 heteroatoms. The molecule has 0 aromatic rings. The zero-order valence-electron chi connectivity index (χ0n) is 12.8. The number of hydrogen-bond donors (Lipinski definition) is 2. The van der Waals surface area contributed by atoms with E-state index >= 15 is 0 Å². The predicted molar refractivity (Wildman–Crippen MR) is 89.6 cm³/mol. The SMILES string of the molecule is COCCNCC(=O)NC1CCN(CC2CC2)CC1.Cl.Cl. The standard InChI is InChI=1S/C14H27N3O2.2ClH/c1-19-9-6-15-10-14(18)16-13-4-7-17(8-5-13)11-12-2-3-12;;/h12-13,15H,2-11H2,1H3,(H,16,18);2*1H. The summed E-state index contributed by atoms with van der Waals surface area (Å²) < 4.78 is 4.92. The summed E-state index contributed by atoms with van der Waals surface area (Å²) in [4.78, 5) is 14.3. The number of methoxy groups -OCH3 is 1. The number of halogens is 2. The molecule has 0 aromatic heterocycles. The summed E-state index contributed by atoms with van der Waals surface area (Å²) in [6.07, 6.45) is 5.03. The van der Waals surface area contributed by atoms with Crippen molar-refractivity contribution in [3.05, 3.63) is 0 Å². The Kier molecular flexibility index (Phi) is 11.5. The van der Waals surface area contributed by atoms with Gasteiger partial charge >= 0.3 is 0 Å². The van der Waals surface area contributed by atoms with Crippen LogP contribution in [0.3, 0.4) is 0 Å². The molecule has 0 unspecified atom stereocenters. The molecule has 1 saturated heterocycles.